The molecule has 0 unspecified atom stereocenters. The molecule has 71 heavy (non-hydrogen) atoms. The van der Waals surface area contributed by atoms with Gasteiger partial charge in [-0.25, -0.2) is 4.79 Å². The number of carboxylic acids is 1. The Kier molecular flexibility index (Phi) is 27.0. The summed E-state index contributed by atoms with van der Waals surface area (Å²) in [4.78, 5) is 55.0. The van der Waals surface area contributed by atoms with Gasteiger partial charge in [0.1, 0.15) is 12.1 Å². The summed E-state index contributed by atoms with van der Waals surface area (Å²) in [6.45, 7) is 10.9. The van der Waals surface area contributed by atoms with Crippen LogP contribution in [0.1, 0.15) is 72.1 Å². The highest BCUT2D eigenvalue weighted by Crippen LogP contribution is 2.37. The summed E-state index contributed by atoms with van der Waals surface area (Å²) in [5.41, 5.74) is 12.4. The van der Waals surface area contributed by atoms with Crippen LogP contribution in [0.2, 0.25) is 0 Å². The quantitative estimate of drug-likeness (QED) is 0.0103. The number of ether oxygens (including phenoxy) is 6. The lowest BCUT2D eigenvalue weighted by atomic mass is 9.76. The minimum atomic E-state index is -1.09. The number of carbonyl (C=O) groups is 4. The maximum absolute atomic E-state index is 13.9. The lowest BCUT2D eigenvalue weighted by Gasteiger charge is -2.37. The number of anilines is 1. The van der Waals surface area contributed by atoms with Gasteiger partial charge in [0.2, 0.25) is 17.7 Å². The van der Waals surface area contributed by atoms with E-state index in [2.05, 4.69) is 86.7 Å². The SMILES string of the molecule is Cc1ccc(C(NCCCC[C@H](NC(=O)[C@@H](NC(=O)CCOCCOCCOCCOCCOCCOCCN=[N+]=[N-])C(C)C)C(=O)Nc2ccc(C(=O)O)cc2)(c2ccccc2)c2ccccc2)cc1. The number of rotatable bonds is 37. The molecule has 0 heterocycles. The number of aryl methyl sites for hydroxylation is 1. The molecule has 0 spiro atoms. The van der Waals surface area contributed by atoms with Gasteiger partial charge in [-0.1, -0.05) is 109 Å². The molecule has 3 amide bonds. The Morgan fingerprint density at radius 3 is 1.61 bits per heavy atom. The normalized spacial score (nSPS) is 12.2. The van der Waals surface area contributed by atoms with Gasteiger partial charge in [-0.3, -0.25) is 19.7 Å². The summed E-state index contributed by atoms with van der Waals surface area (Å²) in [7, 11) is 0. The number of amides is 3. The zero-order valence-electron chi connectivity index (χ0n) is 41.2. The van der Waals surface area contributed by atoms with Crippen LogP contribution in [0, 0.1) is 12.8 Å². The Morgan fingerprint density at radius 2 is 1.11 bits per heavy atom. The van der Waals surface area contributed by atoms with Crippen LogP contribution in [-0.4, -0.2) is 133 Å². The maximum atomic E-state index is 13.9. The Bertz CT molecular complexity index is 2150. The lowest BCUT2D eigenvalue weighted by Crippen LogP contribution is -2.54. The zero-order valence-corrected chi connectivity index (χ0v) is 41.2. The summed E-state index contributed by atoms with van der Waals surface area (Å²) < 4.78 is 32.8. The molecular formula is C53H71N7O11. The van der Waals surface area contributed by atoms with E-state index < -0.39 is 35.4 Å². The topological polar surface area (TPSA) is 241 Å². The van der Waals surface area contributed by atoms with Crippen molar-refractivity contribution in [2.75, 3.05) is 97.7 Å². The summed E-state index contributed by atoms with van der Waals surface area (Å²) in [6.07, 6.45) is 1.50. The van der Waals surface area contributed by atoms with E-state index in [1.807, 2.05) is 50.2 Å². The van der Waals surface area contributed by atoms with E-state index in [0.29, 0.717) is 97.7 Å². The molecular weight excluding hydrogens is 911 g/mol. The van der Waals surface area contributed by atoms with Crippen LogP contribution in [0.3, 0.4) is 0 Å². The van der Waals surface area contributed by atoms with Crippen molar-refractivity contribution in [3.63, 3.8) is 0 Å². The molecule has 5 N–H and O–H groups in total. The second-order valence-corrected chi connectivity index (χ2v) is 16.9. The van der Waals surface area contributed by atoms with Crippen molar-refractivity contribution in [1.82, 2.24) is 16.0 Å². The largest absolute Gasteiger partial charge is 0.478 e. The van der Waals surface area contributed by atoms with E-state index in [0.717, 1.165) is 22.3 Å². The van der Waals surface area contributed by atoms with Gasteiger partial charge >= 0.3 is 5.97 Å². The monoisotopic (exact) mass is 982 g/mol. The van der Waals surface area contributed by atoms with Gasteiger partial charge in [-0.15, -0.1) is 0 Å². The van der Waals surface area contributed by atoms with Crippen molar-refractivity contribution in [2.45, 2.75) is 64.1 Å². The van der Waals surface area contributed by atoms with Crippen LogP contribution >= 0.6 is 0 Å². The lowest BCUT2D eigenvalue weighted by molar-refractivity contribution is -0.132. The average molecular weight is 982 g/mol. The standard InChI is InChI=1S/C53H71N7O11/c1-40(2)49(59-48(61)25-28-66-30-32-68-34-36-70-38-39-71-37-35-69-33-31-67-29-27-56-60-54)51(63)58-47(50(62)57-46-23-19-42(20-24-46)52(64)65)16-10-11-26-55-53(43-12-6-4-7-13-43,44-14-8-5-9-15-44)45-21-17-41(3)18-22-45/h4-9,12-15,17-24,40,47,49,55H,10-11,16,25-39H2,1-3H3,(H,57,62)(H,58,63)(H,59,61)(H,64,65)/t47-,49-/m0/s1. The Labute approximate surface area is 417 Å². The fourth-order valence-electron chi connectivity index (χ4n) is 7.49. The third-order valence-corrected chi connectivity index (χ3v) is 11.2. The third kappa shape index (κ3) is 21.0. The highest BCUT2D eigenvalue weighted by atomic mass is 16.6. The first-order chi connectivity index (χ1) is 34.5. The molecule has 0 aliphatic rings. The predicted octanol–water partition coefficient (Wildman–Crippen LogP) is 6.81. The molecule has 0 aliphatic heterocycles. The van der Waals surface area contributed by atoms with Gasteiger partial charge in [0.15, 0.2) is 0 Å². The van der Waals surface area contributed by atoms with E-state index in [4.69, 9.17) is 34.0 Å². The molecule has 0 saturated carbocycles. The minimum absolute atomic E-state index is 0.0105. The Morgan fingerprint density at radius 1 is 0.620 bits per heavy atom. The number of azide groups is 1. The fraction of sp³-hybridized carbons (Fsp3) is 0.472. The van der Waals surface area contributed by atoms with Crippen LogP contribution in [0.5, 0.6) is 0 Å². The van der Waals surface area contributed by atoms with Crippen LogP contribution in [-0.2, 0) is 48.3 Å². The maximum Gasteiger partial charge on any atom is 0.335 e. The number of benzene rings is 4. The molecule has 0 aromatic heterocycles. The van der Waals surface area contributed by atoms with E-state index >= 15 is 0 Å². The molecule has 18 heteroatoms. The Hall–Kier alpha value is -6.21. The van der Waals surface area contributed by atoms with E-state index in [9.17, 15) is 24.3 Å². The van der Waals surface area contributed by atoms with Crippen LogP contribution in [0.15, 0.2) is 114 Å². The van der Waals surface area contributed by atoms with Gasteiger partial charge in [0.25, 0.3) is 0 Å². The molecule has 0 radical (unpaired) electrons. The van der Waals surface area contributed by atoms with Crippen LogP contribution < -0.4 is 21.3 Å². The molecule has 4 rings (SSSR count). The average Bonchev–Trinajstić information content (AvgIpc) is 3.37. The number of carbonyl (C=O) groups excluding carboxylic acids is 3. The second kappa shape index (κ2) is 33.4. The summed E-state index contributed by atoms with van der Waals surface area (Å²) in [6, 6.07) is 33.0. The summed E-state index contributed by atoms with van der Waals surface area (Å²) in [5, 5.41) is 25.2. The number of hydrogen-bond acceptors (Lipinski definition) is 12. The number of nitrogens with zero attached hydrogens (tertiary/aromatic N) is 3. The second-order valence-electron chi connectivity index (χ2n) is 16.9. The smallest absolute Gasteiger partial charge is 0.335 e. The summed E-state index contributed by atoms with van der Waals surface area (Å²) >= 11 is 0. The summed E-state index contributed by atoms with van der Waals surface area (Å²) in [5.74, 6) is -2.76. The number of nitrogens with one attached hydrogen (secondary N) is 4. The predicted molar refractivity (Wildman–Crippen MR) is 270 cm³/mol. The van der Waals surface area contributed by atoms with Crippen LogP contribution in [0.4, 0.5) is 5.69 Å². The van der Waals surface area contributed by atoms with Crippen molar-refractivity contribution >= 4 is 29.4 Å². The molecule has 0 aliphatic carbocycles. The number of aromatic carboxylic acids is 1. The molecule has 4 aromatic rings. The molecule has 0 bridgehead atoms. The van der Waals surface area contributed by atoms with Gasteiger partial charge in [0.05, 0.1) is 90.4 Å². The van der Waals surface area contributed by atoms with Crippen LogP contribution in [0.25, 0.3) is 10.4 Å². The minimum Gasteiger partial charge on any atom is -0.478 e. The van der Waals surface area contributed by atoms with Gasteiger partial charge in [-0.2, -0.15) is 0 Å². The van der Waals surface area contributed by atoms with Gasteiger partial charge in [-0.05, 0) is 85.1 Å². The van der Waals surface area contributed by atoms with E-state index in [1.165, 1.54) is 24.3 Å². The van der Waals surface area contributed by atoms with E-state index in [-0.39, 0.29) is 43.4 Å². The van der Waals surface area contributed by atoms with Crippen molar-refractivity contribution in [2.24, 2.45) is 11.0 Å². The molecule has 0 fully saturated rings. The highest BCUT2D eigenvalue weighted by molar-refractivity contribution is 5.99. The number of unbranched alkanes of at least 4 members (excludes halogenated alkanes) is 1. The first-order valence-electron chi connectivity index (χ1n) is 24.2. The number of hydrogen-bond donors (Lipinski definition) is 5. The van der Waals surface area contributed by atoms with Crippen molar-refractivity contribution < 1.29 is 52.7 Å². The third-order valence-electron chi connectivity index (χ3n) is 11.2. The molecule has 0 saturated heterocycles. The first-order valence-corrected chi connectivity index (χ1v) is 24.2. The van der Waals surface area contributed by atoms with Crippen molar-refractivity contribution in [1.29, 1.82) is 0 Å². The zero-order chi connectivity index (χ0) is 50.9. The van der Waals surface area contributed by atoms with Crippen molar-refractivity contribution in [3.8, 4) is 0 Å². The molecule has 18 nitrogen and oxygen atoms in total. The first kappa shape index (κ1) is 57.4. The fourth-order valence-corrected chi connectivity index (χ4v) is 7.49. The van der Waals surface area contributed by atoms with Gasteiger partial charge in [0, 0.05) is 23.6 Å². The van der Waals surface area contributed by atoms with Gasteiger partial charge < -0.3 is 49.5 Å². The highest BCUT2D eigenvalue weighted by Gasteiger charge is 2.36. The van der Waals surface area contributed by atoms with Crippen molar-refractivity contribution in [3.05, 3.63) is 147 Å². The molecule has 2 atom stereocenters. The van der Waals surface area contributed by atoms with E-state index in [1.54, 1.807) is 0 Å². The molecule has 4 aromatic carbocycles. The Balaban J connectivity index is 1.24. The number of carboxylic acid groups (broad SMARTS) is 1. The molecule has 384 valence electrons.